The van der Waals surface area contributed by atoms with Gasteiger partial charge in [0.15, 0.2) is 5.85 Å². The van der Waals surface area contributed by atoms with Crippen LogP contribution in [0.15, 0.2) is 24.4 Å². The first-order valence-corrected chi connectivity index (χ1v) is 14.3. The normalized spacial score (nSPS) is 34.4. The molecule has 0 aliphatic heterocycles. The third kappa shape index (κ3) is 6.23. The molecule has 2 saturated carbocycles. The molecule has 6 heteroatoms. The number of hydrogen-bond donors (Lipinski definition) is 1. The molecule has 0 amide bonds. The third-order valence-corrected chi connectivity index (χ3v) is 9.73. The van der Waals surface area contributed by atoms with E-state index in [2.05, 4.69) is 46.5 Å². The maximum atomic E-state index is 14.5. The summed E-state index contributed by atoms with van der Waals surface area (Å²) in [6, 6.07) is 5.30. The molecule has 2 fully saturated rings. The molecule has 2 aliphatic carbocycles. The minimum absolute atomic E-state index is 0.179. The van der Waals surface area contributed by atoms with Gasteiger partial charge in [0.2, 0.25) is 0 Å². The lowest BCUT2D eigenvalue weighted by Gasteiger charge is -2.42. The molecule has 3 rings (SSSR count). The summed E-state index contributed by atoms with van der Waals surface area (Å²) in [6.07, 6.45) is 7.37. The van der Waals surface area contributed by atoms with Crippen molar-refractivity contribution >= 4 is 7.60 Å². The average molecular weight is 466 g/mol. The van der Waals surface area contributed by atoms with E-state index in [1.807, 2.05) is 0 Å². The van der Waals surface area contributed by atoms with Crippen LogP contribution in [0.1, 0.15) is 91.6 Å². The molecule has 1 unspecified atom stereocenters. The van der Waals surface area contributed by atoms with Gasteiger partial charge in [-0.1, -0.05) is 60.5 Å². The average Bonchev–Trinajstić information content (AvgIpc) is 2.73. The van der Waals surface area contributed by atoms with Crippen molar-refractivity contribution in [2.45, 2.75) is 98.1 Å². The van der Waals surface area contributed by atoms with Crippen LogP contribution in [-0.4, -0.2) is 22.3 Å². The number of aliphatic hydroxyl groups is 1. The van der Waals surface area contributed by atoms with E-state index in [-0.39, 0.29) is 12.2 Å². The predicted octanol–water partition coefficient (Wildman–Crippen LogP) is 7.22. The lowest BCUT2D eigenvalue weighted by Crippen LogP contribution is -2.37. The summed E-state index contributed by atoms with van der Waals surface area (Å²) in [6.45, 7) is 13.3. The molecule has 0 saturated heterocycles. The molecule has 1 aromatic heterocycles. The van der Waals surface area contributed by atoms with E-state index in [1.165, 1.54) is 0 Å². The SMILES string of the molecule is CC(C)[C@H]1CC[C@@H](C)C[C@H]1OP(=O)(O[C@@H]1C[C@H](C)CC[C@H]1C(C)C)[C@@H](O)c1ccccn1. The fourth-order valence-electron chi connectivity index (χ4n) is 5.68. The first kappa shape index (κ1) is 25.9. The highest BCUT2D eigenvalue weighted by atomic mass is 31.2. The highest BCUT2D eigenvalue weighted by molar-refractivity contribution is 7.54. The van der Waals surface area contributed by atoms with Gasteiger partial charge < -0.3 is 14.2 Å². The molecule has 0 aromatic carbocycles. The molecule has 1 N–H and O–H groups in total. The van der Waals surface area contributed by atoms with Crippen LogP contribution >= 0.6 is 7.60 Å². The van der Waals surface area contributed by atoms with Gasteiger partial charge in [-0.3, -0.25) is 9.55 Å². The summed E-state index contributed by atoms with van der Waals surface area (Å²) in [5.74, 6) is 1.11. The zero-order valence-electron chi connectivity index (χ0n) is 20.8. The summed E-state index contributed by atoms with van der Waals surface area (Å²) in [7, 11) is -3.88. The van der Waals surface area contributed by atoms with Crippen LogP contribution in [0.2, 0.25) is 0 Å². The number of rotatable bonds is 8. The number of hydrogen-bond acceptors (Lipinski definition) is 5. The topological polar surface area (TPSA) is 68.7 Å². The van der Waals surface area contributed by atoms with Crippen LogP contribution < -0.4 is 0 Å². The van der Waals surface area contributed by atoms with Crippen molar-refractivity contribution in [1.29, 1.82) is 0 Å². The van der Waals surface area contributed by atoms with E-state index in [4.69, 9.17) is 9.05 Å². The Morgan fingerprint density at radius 3 is 1.81 bits per heavy atom. The Balaban J connectivity index is 1.92. The number of nitrogens with zero attached hydrogens (tertiary/aromatic N) is 1. The van der Waals surface area contributed by atoms with Gasteiger partial charge in [-0.2, -0.15) is 0 Å². The van der Waals surface area contributed by atoms with E-state index in [0.29, 0.717) is 41.2 Å². The van der Waals surface area contributed by atoms with Crippen LogP contribution in [0.25, 0.3) is 0 Å². The molecule has 5 nitrogen and oxygen atoms in total. The quantitative estimate of drug-likeness (QED) is 0.410. The van der Waals surface area contributed by atoms with Crippen molar-refractivity contribution in [1.82, 2.24) is 4.98 Å². The van der Waals surface area contributed by atoms with Crippen LogP contribution in [0.3, 0.4) is 0 Å². The van der Waals surface area contributed by atoms with Crippen molar-refractivity contribution in [2.24, 2.45) is 35.5 Å². The van der Waals surface area contributed by atoms with Crippen molar-refractivity contribution in [2.75, 3.05) is 0 Å². The van der Waals surface area contributed by atoms with Crippen molar-refractivity contribution < 1.29 is 18.7 Å². The highest BCUT2D eigenvalue weighted by Gasteiger charge is 2.46. The van der Waals surface area contributed by atoms with E-state index in [0.717, 1.165) is 38.5 Å². The van der Waals surface area contributed by atoms with Crippen LogP contribution in [0.4, 0.5) is 0 Å². The van der Waals surface area contributed by atoms with E-state index in [9.17, 15) is 9.67 Å². The lowest BCUT2D eigenvalue weighted by atomic mass is 9.75. The molecule has 1 aromatic rings. The van der Waals surface area contributed by atoms with Gasteiger partial charge >= 0.3 is 7.60 Å². The van der Waals surface area contributed by atoms with Gasteiger partial charge in [-0.05, 0) is 73.3 Å². The molecule has 1 heterocycles. The zero-order valence-corrected chi connectivity index (χ0v) is 21.7. The van der Waals surface area contributed by atoms with Gasteiger partial charge in [0.05, 0.1) is 17.9 Å². The number of aromatic nitrogens is 1. The summed E-state index contributed by atoms with van der Waals surface area (Å²) in [5.41, 5.74) is 0.353. The Morgan fingerprint density at radius 1 is 0.906 bits per heavy atom. The fourth-order valence-corrected chi connectivity index (χ4v) is 7.68. The van der Waals surface area contributed by atoms with E-state index < -0.39 is 13.4 Å². The minimum atomic E-state index is -3.88. The Kier molecular flexibility index (Phi) is 8.99. The largest absolute Gasteiger partial charge is 0.375 e. The Morgan fingerprint density at radius 2 is 1.41 bits per heavy atom. The lowest BCUT2D eigenvalue weighted by molar-refractivity contribution is -0.0156. The molecule has 0 bridgehead atoms. The molecule has 8 atom stereocenters. The van der Waals surface area contributed by atoms with Gasteiger partial charge in [0.1, 0.15) is 0 Å². The second kappa shape index (κ2) is 11.1. The Labute approximate surface area is 195 Å². The van der Waals surface area contributed by atoms with E-state index in [1.54, 1.807) is 24.4 Å². The highest BCUT2D eigenvalue weighted by Crippen LogP contribution is 2.64. The fraction of sp³-hybridized carbons (Fsp3) is 0.808. The molecule has 182 valence electrons. The van der Waals surface area contributed by atoms with E-state index >= 15 is 0 Å². The first-order chi connectivity index (χ1) is 15.1. The van der Waals surface area contributed by atoms with Crippen LogP contribution in [0.5, 0.6) is 0 Å². The maximum absolute atomic E-state index is 14.5. The molecule has 2 aliphatic rings. The predicted molar refractivity (Wildman–Crippen MR) is 129 cm³/mol. The van der Waals surface area contributed by atoms with Crippen LogP contribution in [0, 0.1) is 35.5 Å². The monoisotopic (exact) mass is 465 g/mol. The van der Waals surface area contributed by atoms with Crippen LogP contribution in [-0.2, 0) is 13.6 Å². The molecule has 0 radical (unpaired) electrons. The number of aliphatic hydroxyl groups excluding tert-OH is 1. The minimum Gasteiger partial charge on any atom is -0.375 e. The van der Waals surface area contributed by atoms with Gasteiger partial charge in [-0.15, -0.1) is 0 Å². The molecule has 0 spiro atoms. The second-order valence-electron chi connectivity index (χ2n) is 11.1. The standard InChI is InChI=1S/C26H44NO4P/c1-17(2)21-12-10-19(5)15-24(21)30-32(29,26(28)23-9-7-8-14-27-23)31-25-16-20(6)11-13-22(25)18(3)4/h7-9,14,17-22,24-26,28H,10-13,15-16H2,1-6H3/t19-,20-,21-,22+,24-,25-,26-,32?/m1/s1. The van der Waals surface area contributed by atoms with Crippen molar-refractivity contribution in [3.8, 4) is 0 Å². The zero-order chi connectivity index (χ0) is 23.5. The summed E-state index contributed by atoms with van der Waals surface area (Å²) in [4.78, 5) is 4.29. The summed E-state index contributed by atoms with van der Waals surface area (Å²) in [5, 5.41) is 11.3. The van der Waals surface area contributed by atoms with Gasteiger partial charge in [0.25, 0.3) is 0 Å². The second-order valence-corrected chi connectivity index (χ2v) is 13.1. The third-order valence-electron chi connectivity index (χ3n) is 7.74. The van der Waals surface area contributed by atoms with Gasteiger partial charge in [0, 0.05) is 6.20 Å². The molecular weight excluding hydrogens is 421 g/mol. The smallest absolute Gasteiger partial charge is 0.365 e. The number of pyridine rings is 1. The Bertz CT molecular complexity index is 717. The van der Waals surface area contributed by atoms with Crippen molar-refractivity contribution in [3.05, 3.63) is 30.1 Å². The molecule has 32 heavy (non-hydrogen) atoms. The maximum Gasteiger partial charge on any atom is 0.365 e. The molecular formula is C26H44NO4P. The van der Waals surface area contributed by atoms with Gasteiger partial charge in [-0.25, -0.2) is 0 Å². The summed E-state index contributed by atoms with van der Waals surface area (Å²) >= 11 is 0. The Hall–Kier alpha value is -0.740. The first-order valence-electron chi connectivity index (χ1n) is 12.7. The summed E-state index contributed by atoms with van der Waals surface area (Å²) < 4.78 is 27.4. The van der Waals surface area contributed by atoms with Crippen molar-refractivity contribution in [3.63, 3.8) is 0 Å².